The molecule has 2 rings (SSSR count). The van der Waals surface area contributed by atoms with Crippen LogP contribution < -0.4 is 4.72 Å². The van der Waals surface area contributed by atoms with Gasteiger partial charge in [-0.15, -0.1) is 0 Å². The number of aromatic nitrogens is 2. The summed E-state index contributed by atoms with van der Waals surface area (Å²) >= 11 is 0. The Morgan fingerprint density at radius 2 is 2.25 bits per heavy atom. The van der Waals surface area contributed by atoms with Crippen molar-refractivity contribution >= 4 is 15.9 Å². The highest BCUT2D eigenvalue weighted by Gasteiger charge is 2.61. The molecular weight excluding hydrogens is 244 g/mol. The van der Waals surface area contributed by atoms with E-state index in [0.717, 1.165) is 0 Å². The lowest BCUT2D eigenvalue weighted by Crippen LogP contribution is -2.33. The zero-order valence-electron chi connectivity index (χ0n) is 7.78. The average Bonchev–Trinajstić information content (AvgIpc) is 2.67. The van der Waals surface area contributed by atoms with Crippen molar-refractivity contribution in [2.45, 2.75) is 17.5 Å². The molecule has 0 spiro atoms. The SMILES string of the molecule is O=C(NS(=O)(=O)c1ncc[nH]1)C1CC1(F)F. The molecule has 16 heavy (non-hydrogen) atoms. The second-order valence-corrected chi connectivity index (χ2v) is 4.98. The molecule has 0 aliphatic heterocycles. The van der Waals surface area contributed by atoms with Crippen molar-refractivity contribution in [2.24, 2.45) is 5.92 Å². The van der Waals surface area contributed by atoms with Crippen molar-refractivity contribution in [1.29, 1.82) is 0 Å². The highest BCUT2D eigenvalue weighted by molar-refractivity contribution is 7.89. The van der Waals surface area contributed by atoms with Crippen LogP contribution in [0.3, 0.4) is 0 Å². The van der Waals surface area contributed by atoms with Crippen LogP contribution in [0.1, 0.15) is 6.42 Å². The predicted octanol–water partition coefficient (Wildman–Crippen LogP) is -0.130. The van der Waals surface area contributed by atoms with Crippen LogP contribution in [-0.2, 0) is 14.8 Å². The number of hydrogen-bond donors (Lipinski definition) is 2. The lowest BCUT2D eigenvalue weighted by Gasteiger charge is -2.02. The topological polar surface area (TPSA) is 91.9 Å². The van der Waals surface area contributed by atoms with Gasteiger partial charge in [-0.25, -0.2) is 18.5 Å². The molecule has 1 aromatic rings. The number of hydrogen-bond acceptors (Lipinski definition) is 4. The summed E-state index contributed by atoms with van der Waals surface area (Å²) in [6.07, 6.45) is 1.79. The molecular formula is C7H7F2N3O3S. The zero-order chi connectivity index (χ0) is 12.0. The first-order chi connectivity index (χ1) is 7.33. The van der Waals surface area contributed by atoms with Gasteiger partial charge in [-0.3, -0.25) is 4.79 Å². The number of H-pyrrole nitrogens is 1. The number of rotatable bonds is 3. The number of sulfonamides is 1. The van der Waals surface area contributed by atoms with Crippen molar-refractivity contribution in [2.75, 3.05) is 0 Å². The lowest BCUT2D eigenvalue weighted by atomic mass is 10.4. The maximum absolute atomic E-state index is 12.5. The zero-order valence-corrected chi connectivity index (χ0v) is 8.59. The summed E-state index contributed by atoms with van der Waals surface area (Å²) in [5, 5.41) is -0.482. The Balaban J connectivity index is 2.09. The van der Waals surface area contributed by atoms with Crippen molar-refractivity contribution in [3.63, 3.8) is 0 Å². The smallest absolute Gasteiger partial charge is 0.297 e. The molecule has 1 aliphatic rings. The second-order valence-electron chi connectivity index (χ2n) is 3.38. The molecule has 1 unspecified atom stereocenters. The fourth-order valence-corrected chi connectivity index (χ4v) is 2.07. The van der Waals surface area contributed by atoms with E-state index < -0.39 is 39.3 Å². The molecule has 88 valence electrons. The molecule has 1 amide bonds. The fraction of sp³-hybridized carbons (Fsp3) is 0.429. The Kier molecular flexibility index (Phi) is 2.22. The summed E-state index contributed by atoms with van der Waals surface area (Å²) < 4.78 is 49.3. The Hall–Kier alpha value is -1.51. The van der Waals surface area contributed by atoms with Gasteiger partial charge in [-0.1, -0.05) is 0 Å². The third-order valence-corrected chi connectivity index (χ3v) is 3.31. The Labute approximate surface area is 89.1 Å². The molecule has 1 heterocycles. The maximum Gasteiger partial charge on any atom is 0.297 e. The van der Waals surface area contributed by atoms with Crippen LogP contribution in [0.4, 0.5) is 8.78 Å². The molecule has 0 saturated heterocycles. The van der Waals surface area contributed by atoms with Gasteiger partial charge in [0, 0.05) is 18.8 Å². The first-order valence-electron chi connectivity index (χ1n) is 4.27. The van der Waals surface area contributed by atoms with Crippen LogP contribution in [0.5, 0.6) is 0 Å². The third kappa shape index (κ3) is 1.90. The molecule has 9 heteroatoms. The number of carbonyl (C=O) groups is 1. The number of imidazole rings is 1. The number of nitrogens with zero attached hydrogens (tertiary/aromatic N) is 1. The quantitative estimate of drug-likeness (QED) is 0.782. The van der Waals surface area contributed by atoms with Crippen LogP contribution in [0.2, 0.25) is 0 Å². The van der Waals surface area contributed by atoms with Gasteiger partial charge in [-0.2, -0.15) is 8.42 Å². The van der Waals surface area contributed by atoms with Gasteiger partial charge in [0.2, 0.25) is 11.1 Å². The van der Waals surface area contributed by atoms with E-state index >= 15 is 0 Å². The normalized spacial score (nSPS) is 22.8. The highest BCUT2D eigenvalue weighted by atomic mass is 32.2. The molecule has 0 bridgehead atoms. The van der Waals surface area contributed by atoms with E-state index in [1.165, 1.54) is 17.1 Å². The average molecular weight is 251 g/mol. The summed E-state index contributed by atoms with van der Waals surface area (Å²) in [7, 11) is -4.17. The van der Waals surface area contributed by atoms with E-state index in [2.05, 4.69) is 9.97 Å². The van der Waals surface area contributed by atoms with E-state index in [0.29, 0.717) is 0 Å². The number of carbonyl (C=O) groups excluding carboxylic acids is 1. The summed E-state index contributed by atoms with van der Waals surface area (Å²) in [4.78, 5) is 16.8. The van der Waals surface area contributed by atoms with Crippen molar-refractivity contribution in [1.82, 2.24) is 14.7 Å². The molecule has 1 fully saturated rings. The van der Waals surface area contributed by atoms with Gasteiger partial charge in [-0.05, 0) is 0 Å². The molecule has 1 saturated carbocycles. The van der Waals surface area contributed by atoms with Gasteiger partial charge >= 0.3 is 0 Å². The number of halogens is 2. The fourth-order valence-electron chi connectivity index (χ4n) is 1.15. The maximum atomic E-state index is 12.5. The molecule has 2 N–H and O–H groups in total. The van der Waals surface area contributed by atoms with Crippen LogP contribution in [0.25, 0.3) is 0 Å². The van der Waals surface area contributed by atoms with Gasteiger partial charge in [0.1, 0.15) is 5.92 Å². The summed E-state index contributed by atoms with van der Waals surface area (Å²) in [5.41, 5.74) is 0. The lowest BCUT2D eigenvalue weighted by molar-refractivity contribution is -0.122. The Morgan fingerprint density at radius 3 is 2.69 bits per heavy atom. The molecule has 6 nitrogen and oxygen atoms in total. The summed E-state index contributed by atoms with van der Waals surface area (Å²) in [6, 6.07) is 0. The first kappa shape index (κ1) is 11.0. The van der Waals surface area contributed by atoms with Gasteiger partial charge < -0.3 is 4.98 Å². The van der Waals surface area contributed by atoms with E-state index in [1.54, 1.807) is 0 Å². The third-order valence-electron chi connectivity index (χ3n) is 2.11. The van der Waals surface area contributed by atoms with Gasteiger partial charge in [0.25, 0.3) is 15.9 Å². The van der Waals surface area contributed by atoms with Crippen LogP contribution in [0, 0.1) is 5.92 Å². The summed E-state index contributed by atoms with van der Waals surface area (Å²) in [6.45, 7) is 0. The second kappa shape index (κ2) is 3.24. The Bertz CT molecular complexity index is 511. The molecule has 1 aromatic heterocycles. The molecule has 0 aromatic carbocycles. The van der Waals surface area contributed by atoms with E-state index in [-0.39, 0.29) is 0 Å². The monoisotopic (exact) mass is 251 g/mol. The van der Waals surface area contributed by atoms with E-state index in [1.807, 2.05) is 0 Å². The predicted molar refractivity (Wildman–Crippen MR) is 47.0 cm³/mol. The van der Waals surface area contributed by atoms with Crippen molar-refractivity contribution < 1.29 is 22.0 Å². The number of aromatic amines is 1. The minimum Gasteiger partial charge on any atom is -0.334 e. The largest absolute Gasteiger partial charge is 0.334 e. The molecule has 0 radical (unpaired) electrons. The van der Waals surface area contributed by atoms with Gasteiger partial charge in [0.05, 0.1) is 0 Å². The minimum atomic E-state index is -4.17. The first-order valence-corrected chi connectivity index (χ1v) is 5.75. The molecule has 1 aliphatic carbocycles. The standard InChI is InChI=1S/C7H7F2N3O3S/c8-7(9)3-4(7)5(13)12-16(14,15)6-10-1-2-11-6/h1-2,4H,3H2,(H,10,11)(H,12,13). The number of nitrogens with one attached hydrogen (secondary N) is 2. The number of amides is 1. The minimum absolute atomic E-state index is 0.482. The van der Waals surface area contributed by atoms with Crippen LogP contribution in [0.15, 0.2) is 17.6 Å². The summed E-state index contributed by atoms with van der Waals surface area (Å²) in [5.74, 6) is -5.86. The van der Waals surface area contributed by atoms with Crippen molar-refractivity contribution in [3.8, 4) is 0 Å². The molecule has 1 atom stereocenters. The van der Waals surface area contributed by atoms with E-state index in [4.69, 9.17) is 0 Å². The van der Waals surface area contributed by atoms with E-state index in [9.17, 15) is 22.0 Å². The van der Waals surface area contributed by atoms with Crippen molar-refractivity contribution in [3.05, 3.63) is 12.4 Å². The number of alkyl halides is 2. The Morgan fingerprint density at radius 1 is 1.62 bits per heavy atom. The van der Waals surface area contributed by atoms with Crippen LogP contribution in [-0.4, -0.2) is 30.2 Å². The van der Waals surface area contributed by atoms with Crippen LogP contribution >= 0.6 is 0 Å². The highest BCUT2D eigenvalue weighted by Crippen LogP contribution is 2.48. The van der Waals surface area contributed by atoms with Gasteiger partial charge in [0.15, 0.2) is 0 Å².